The van der Waals surface area contributed by atoms with Crippen LogP contribution in [0.25, 0.3) is 22.2 Å². The summed E-state index contributed by atoms with van der Waals surface area (Å²) in [5.41, 5.74) is 4.67. The van der Waals surface area contributed by atoms with E-state index in [9.17, 15) is 10.1 Å². The number of hydrogen-bond acceptors (Lipinski definition) is 9. The fraction of sp³-hybridized carbons (Fsp3) is 0.250. The average molecular weight is 526 g/mol. The minimum Gasteiger partial charge on any atom is -0.494 e. The van der Waals surface area contributed by atoms with Gasteiger partial charge in [0.2, 0.25) is 11.9 Å². The lowest BCUT2D eigenvalue weighted by Crippen LogP contribution is -2.29. The summed E-state index contributed by atoms with van der Waals surface area (Å²) in [5.74, 6) is 0.540. The Morgan fingerprint density at radius 3 is 2.69 bits per heavy atom. The highest BCUT2D eigenvalue weighted by atomic mass is 16.5. The molecule has 2 aromatic heterocycles. The number of likely N-dealkylation sites (N-methyl/N-ethyl adjacent to an activating group) is 2. The monoisotopic (exact) mass is 525 g/mol. The molecule has 0 radical (unpaired) electrons. The van der Waals surface area contributed by atoms with E-state index in [2.05, 4.69) is 38.3 Å². The van der Waals surface area contributed by atoms with Gasteiger partial charge >= 0.3 is 0 Å². The van der Waals surface area contributed by atoms with E-state index in [1.165, 1.54) is 6.08 Å². The van der Waals surface area contributed by atoms with Crippen molar-refractivity contribution in [1.82, 2.24) is 24.6 Å². The molecule has 0 aliphatic carbocycles. The summed E-state index contributed by atoms with van der Waals surface area (Å²) >= 11 is 0. The van der Waals surface area contributed by atoms with Crippen molar-refractivity contribution in [3.63, 3.8) is 0 Å². The summed E-state index contributed by atoms with van der Waals surface area (Å²) in [7, 11) is 9.38. The van der Waals surface area contributed by atoms with Crippen LogP contribution in [0.3, 0.4) is 0 Å². The van der Waals surface area contributed by atoms with E-state index in [0.717, 1.165) is 35.2 Å². The van der Waals surface area contributed by atoms with Crippen molar-refractivity contribution in [3.05, 3.63) is 60.9 Å². The third-order valence-electron chi connectivity index (χ3n) is 6.23. The van der Waals surface area contributed by atoms with Gasteiger partial charge in [0.05, 0.1) is 53.2 Å². The number of aromatic nitrogens is 4. The lowest BCUT2D eigenvalue weighted by Gasteiger charge is -2.26. The fourth-order valence-electron chi connectivity index (χ4n) is 4.12. The molecule has 0 saturated heterocycles. The molecule has 2 aromatic carbocycles. The maximum absolute atomic E-state index is 12.2. The van der Waals surface area contributed by atoms with E-state index < -0.39 is 0 Å². The molecule has 4 rings (SSSR count). The zero-order chi connectivity index (χ0) is 28.1. The van der Waals surface area contributed by atoms with E-state index in [0.29, 0.717) is 34.3 Å². The normalized spacial score (nSPS) is 10.8. The summed E-state index contributed by atoms with van der Waals surface area (Å²) in [5, 5.41) is 20.9. The molecule has 0 bridgehead atoms. The molecule has 200 valence electrons. The Kier molecular flexibility index (Phi) is 8.07. The number of carbonyl (C=O) groups excluding carboxylic acids is 1. The van der Waals surface area contributed by atoms with Crippen LogP contribution in [0.5, 0.6) is 5.75 Å². The van der Waals surface area contributed by atoms with E-state index in [1.807, 2.05) is 39.2 Å². The van der Waals surface area contributed by atoms with Crippen LogP contribution < -0.4 is 20.3 Å². The van der Waals surface area contributed by atoms with Gasteiger partial charge in [-0.15, -0.1) is 0 Å². The molecule has 0 aliphatic heterocycles. The number of amides is 1. The number of hydrogen-bond donors (Lipinski definition) is 2. The highest BCUT2D eigenvalue weighted by Gasteiger charge is 2.17. The summed E-state index contributed by atoms with van der Waals surface area (Å²) in [4.78, 5) is 25.5. The second kappa shape index (κ2) is 11.6. The zero-order valence-corrected chi connectivity index (χ0v) is 22.7. The largest absolute Gasteiger partial charge is 0.494 e. The molecular formula is C28H31N9O2. The lowest BCUT2D eigenvalue weighted by molar-refractivity contribution is -0.111. The van der Waals surface area contributed by atoms with Crippen molar-refractivity contribution < 1.29 is 9.53 Å². The second-order valence-electron chi connectivity index (χ2n) is 9.21. The Balaban J connectivity index is 1.74. The Hall–Kier alpha value is -4.95. The molecule has 0 fully saturated rings. The van der Waals surface area contributed by atoms with Crippen molar-refractivity contribution in [1.29, 1.82) is 5.26 Å². The molecule has 4 aromatic rings. The second-order valence-corrected chi connectivity index (χ2v) is 9.21. The molecule has 0 aliphatic rings. The third-order valence-corrected chi connectivity index (χ3v) is 6.23. The highest BCUT2D eigenvalue weighted by Crippen LogP contribution is 2.38. The van der Waals surface area contributed by atoms with Gasteiger partial charge in [0, 0.05) is 50.4 Å². The van der Waals surface area contributed by atoms with Crippen LogP contribution in [-0.2, 0) is 11.8 Å². The molecule has 0 unspecified atom stereocenters. The van der Waals surface area contributed by atoms with E-state index in [-0.39, 0.29) is 5.91 Å². The number of carbonyl (C=O) groups is 1. The Morgan fingerprint density at radius 2 is 2.00 bits per heavy atom. The molecule has 0 spiro atoms. The molecule has 1 amide bonds. The fourth-order valence-corrected chi connectivity index (χ4v) is 4.12. The number of nitrogens with zero attached hydrogens (tertiary/aromatic N) is 7. The first-order valence-electron chi connectivity index (χ1n) is 12.2. The van der Waals surface area contributed by atoms with Gasteiger partial charge in [-0.25, -0.2) is 9.97 Å². The lowest BCUT2D eigenvalue weighted by atomic mass is 10.0. The molecule has 11 heteroatoms. The van der Waals surface area contributed by atoms with E-state index in [4.69, 9.17) is 9.72 Å². The first kappa shape index (κ1) is 27.1. The molecule has 39 heavy (non-hydrogen) atoms. The van der Waals surface area contributed by atoms with Crippen molar-refractivity contribution >= 4 is 39.8 Å². The van der Waals surface area contributed by atoms with Crippen molar-refractivity contribution in [2.75, 3.05) is 56.9 Å². The maximum Gasteiger partial charge on any atom is 0.247 e. The van der Waals surface area contributed by atoms with Crippen molar-refractivity contribution in [3.8, 4) is 23.1 Å². The van der Waals surface area contributed by atoms with Gasteiger partial charge in [0.15, 0.2) is 0 Å². The first-order chi connectivity index (χ1) is 18.7. The number of nitriles is 1. The van der Waals surface area contributed by atoms with Gasteiger partial charge in [-0.3, -0.25) is 9.48 Å². The van der Waals surface area contributed by atoms with Crippen LogP contribution >= 0.6 is 0 Å². The van der Waals surface area contributed by atoms with Crippen LogP contribution in [0, 0.1) is 11.3 Å². The first-order valence-corrected chi connectivity index (χ1v) is 12.2. The molecule has 0 saturated carbocycles. The Labute approximate surface area is 227 Å². The quantitative estimate of drug-likeness (QED) is 0.298. The van der Waals surface area contributed by atoms with Gasteiger partial charge in [0.25, 0.3) is 0 Å². The Bertz CT molecular complexity index is 1570. The van der Waals surface area contributed by atoms with Gasteiger partial charge in [-0.1, -0.05) is 6.58 Å². The van der Waals surface area contributed by atoms with Crippen LogP contribution in [0.15, 0.2) is 55.4 Å². The van der Waals surface area contributed by atoms with Gasteiger partial charge in [-0.2, -0.15) is 10.4 Å². The number of nitrogens with one attached hydrogen (secondary N) is 2. The van der Waals surface area contributed by atoms with E-state index in [1.54, 1.807) is 48.5 Å². The highest BCUT2D eigenvalue weighted by molar-refractivity contribution is 6.02. The number of ether oxygens (including phenoxy) is 1. The number of anilines is 4. The summed E-state index contributed by atoms with van der Waals surface area (Å²) in [6, 6.07) is 11.2. The predicted octanol–water partition coefficient (Wildman–Crippen LogP) is 3.78. The Morgan fingerprint density at radius 1 is 1.21 bits per heavy atom. The minimum absolute atomic E-state index is 0.319. The number of benzene rings is 2. The predicted molar refractivity (Wildman–Crippen MR) is 153 cm³/mol. The molecule has 0 atom stereocenters. The number of rotatable bonds is 10. The third kappa shape index (κ3) is 5.97. The van der Waals surface area contributed by atoms with Gasteiger partial charge in [-0.05, 0) is 44.4 Å². The summed E-state index contributed by atoms with van der Waals surface area (Å²) < 4.78 is 7.41. The standard InChI is InChI=1S/C28H31N9O2/c1-7-27(38)32-22-14-23(26(39-6)15-25(22)36(4)11-10-35(2)3)34-28-30-9-8-21(33-28)19-12-18(16-29)13-24-20(19)17-31-37(24)5/h7-9,12-15,17H,1,10-11H2,2-6H3,(H,32,38)(H,30,33,34). The molecule has 2 N–H and O–H groups in total. The van der Waals surface area contributed by atoms with Crippen molar-refractivity contribution in [2.45, 2.75) is 0 Å². The SMILES string of the molecule is C=CC(=O)Nc1cc(Nc2nccc(-c3cc(C#N)cc4c3cnn4C)n2)c(OC)cc1N(C)CCN(C)C. The van der Waals surface area contributed by atoms with Crippen LogP contribution in [0.2, 0.25) is 0 Å². The summed E-state index contributed by atoms with van der Waals surface area (Å²) in [6.45, 7) is 5.13. The van der Waals surface area contributed by atoms with Gasteiger partial charge < -0.3 is 25.2 Å². The van der Waals surface area contributed by atoms with Gasteiger partial charge in [0.1, 0.15) is 5.75 Å². The average Bonchev–Trinajstić information content (AvgIpc) is 3.31. The van der Waals surface area contributed by atoms with Crippen LogP contribution in [-0.4, -0.2) is 71.9 Å². The summed E-state index contributed by atoms with van der Waals surface area (Å²) in [6.07, 6.45) is 4.62. The molecular weight excluding hydrogens is 494 g/mol. The smallest absolute Gasteiger partial charge is 0.247 e. The minimum atomic E-state index is -0.329. The topological polar surface area (TPSA) is 124 Å². The number of aryl methyl sites for hydroxylation is 1. The molecule has 2 heterocycles. The maximum atomic E-state index is 12.2. The zero-order valence-electron chi connectivity index (χ0n) is 22.7. The van der Waals surface area contributed by atoms with Crippen molar-refractivity contribution in [2.24, 2.45) is 7.05 Å². The number of methoxy groups -OCH3 is 1. The number of fused-ring (bicyclic) bond motifs is 1. The van der Waals surface area contributed by atoms with Crippen LogP contribution in [0.1, 0.15) is 5.56 Å². The molecule has 11 nitrogen and oxygen atoms in total. The van der Waals surface area contributed by atoms with E-state index >= 15 is 0 Å². The van der Waals surface area contributed by atoms with Crippen LogP contribution in [0.4, 0.5) is 23.0 Å².